The summed E-state index contributed by atoms with van der Waals surface area (Å²) in [4.78, 5) is 0. The third-order valence-electron chi connectivity index (χ3n) is 3.02. The Morgan fingerprint density at radius 1 is 1.24 bits per heavy atom. The molecule has 0 amide bonds. The first-order chi connectivity index (χ1) is 7.70. The zero-order valence-corrected chi connectivity index (χ0v) is 12.3. The van der Waals surface area contributed by atoms with Gasteiger partial charge < -0.3 is 0 Å². The fourth-order valence-electron chi connectivity index (χ4n) is 2.02. The summed E-state index contributed by atoms with van der Waals surface area (Å²) in [6, 6.07) is 6.12. The summed E-state index contributed by atoms with van der Waals surface area (Å²) in [6.45, 7) is 8.06. The van der Waals surface area contributed by atoms with Gasteiger partial charge in [-0.1, -0.05) is 37.6 Å². The molecule has 0 heterocycles. The Morgan fingerprint density at radius 2 is 1.82 bits per heavy atom. The molecule has 0 spiro atoms. The second-order valence-corrected chi connectivity index (χ2v) is 7.74. The monoisotopic (exact) mass is 274 g/mol. The van der Waals surface area contributed by atoms with E-state index < -0.39 is 9.05 Å². The summed E-state index contributed by atoms with van der Waals surface area (Å²) in [5.74, 6) is 0.192. The molecule has 1 aromatic carbocycles. The molecule has 96 valence electrons. The number of benzene rings is 1. The van der Waals surface area contributed by atoms with Crippen LogP contribution in [0.4, 0.5) is 0 Å². The molecule has 4 heteroatoms. The molecule has 17 heavy (non-hydrogen) atoms. The van der Waals surface area contributed by atoms with Crippen LogP contribution in [0, 0.1) is 19.8 Å². The van der Waals surface area contributed by atoms with Gasteiger partial charge in [-0.3, -0.25) is 0 Å². The molecule has 1 aromatic rings. The van der Waals surface area contributed by atoms with Crippen molar-refractivity contribution in [2.45, 2.75) is 33.6 Å². The van der Waals surface area contributed by atoms with Crippen molar-refractivity contribution in [3.63, 3.8) is 0 Å². The maximum absolute atomic E-state index is 11.3. The summed E-state index contributed by atoms with van der Waals surface area (Å²) in [5.41, 5.74) is 3.35. The number of halogens is 1. The minimum absolute atomic E-state index is 0.00346. The van der Waals surface area contributed by atoms with E-state index in [2.05, 4.69) is 6.07 Å². The minimum atomic E-state index is -3.47. The number of hydrogen-bond acceptors (Lipinski definition) is 2. The van der Waals surface area contributed by atoms with Gasteiger partial charge in [0.15, 0.2) is 0 Å². The molecule has 0 saturated heterocycles. The largest absolute Gasteiger partial charge is 0.233 e. The van der Waals surface area contributed by atoms with Gasteiger partial charge in [-0.25, -0.2) is 8.42 Å². The highest BCUT2D eigenvalue weighted by molar-refractivity contribution is 8.13. The van der Waals surface area contributed by atoms with E-state index in [1.807, 2.05) is 39.8 Å². The average Bonchev–Trinajstić information content (AvgIpc) is 2.17. The van der Waals surface area contributed by atoms with Crippen LogP contribution in [0.3, 0.4) is 0 Å². The lowest BCUT2D eigenvalue weighted by Gasteiger charge is -2.22. The van der Waals surface area contributed by atoms with Crippen molar-refractivity contribution >= 4 is 19.7 Å². The van der Waals surface area contributed by atoms with Gasteiger partial charge in [0.2, 0.25) is 9.05 Å². The Bertz CT molecular complexity index is 492. The van der Waals surface area contributed by atoms with Gasteiger partial charge in [-0.2, -0.15) is 0 Å². The van der Waals surface area contributed by atoms with Crippen LogP contribution in [0.25, 0.3) is 0 Å². The number of hydrogen-bond donors (Lipinski definition) is 0. The van der Waals surface area contributed by atoms with Crippen LogP contribution < -0.4 is 0 Å². The molecule has 0 aliphatic rings. The Balaban J connectivity index is 3.18. The third kappa shape index (κ3) is 4.32. The zero-order chi connectivity index (χ0) is 13.2. The van der Waals surface area contributed by atoms with Crippen molar-refractivity contribution in [2.24, 2.45) is 5.92 Å². The Kier molecular flexibility index (Phi) is 4.62. The van der Waals surface area contributed by atoms with Gasteiger partial charge in [-0.05, 0) is 30.9 Å². The van der Waals surface area contributed by atoms with E-state index in [0.29, 0.717) is 0 Å². The molecule has 0 bridgehead atoms. The molecule has 0 aromatic heterocycles. The molecule has 0 aliphatic heterocycles. The van der Waals surface area contributed by atoms with E-state index in [0.717, 1.165) is 16.7 Å². The molecular formula is C13H19ClO2S. The molecule has 2 nitrogen and oxygen atoms in total. The predicted octanol–water partition coefficient (Wildman–Crippen LogP) is 3.61. The zero-order valence-electron chi connectivity index (χ0n) is 10.7. The van der Waals surface area contributed by atoms with Gasteiger partial charge >= 0.3 is 0 Å². The molecule has 1 rings (SSSR count). The van der Waals surface area contributed by atoms with Crippen molar-refractivity contribution in [1.29, 1.82) is 0 Å². The molecule has 0 saturated carbocycles. The molecule has 0 fully saturated rings. The second kappa shape index (κ2) is 5.40. The second-order valence-electron chi connectivity index (χ2n) is 4.92. The van der Waals surface area contributed by atoms with Crippen molar-refractivity contribution in [1.82, 2.24) is 0 Å². The normalized spacial score (nSPS) is 14.0. The van der Waals surface area contributed by atoms with Crippen molar-refractivity contribution in [2.75, 3.05) is 5.75 Å². The first-order valence-corrected chi connectivity index (χ1v) is 8.18. The smallest absolute Gasteiger partial charge is 0.212 e. The maximum Gasteiger partial charge on any atom is 0.233 e. The van der Waals surface area contributed by atoms with Gasteiger partial charge in [0, 0.05) is 16.6 Å². The van der Waals surface area contributed by atoms with Gasteiger partial charge in [0.1, 0.15) is 0 Å². The predicted molar refractivity (Wildman–Crippen MR) is 73.1 cm³/mol. The quantitative estimate of drug-likeness (QED) is 0.786. The van der Waals surface area contributed by atoms with Gasteiger partial charge in [-0.15, -0.1) is 0 Å². The Labute approximate surface area is 108 Å². The highest BCUT2D eigenvalue weighted by Gasteiger charge is 2.23. The SMILES string of the molecule is Cc1ccc(C)c(C(CS(=O)(=O)Cl)C(C)C)c1. The fourth-order valence-corrected chi connectivity index (χ4v) is 3.42. The molecular weight excluding hydrogens is 256 g/mol. The number of aryl methyl sites for hydroxylation is 2. The van der Waals surface area contributed by atoms with E-state index in [4.69, 9.17) is 10.7 Å². The van der Waals surface area contributed by atoms with Crippen molar-refractivity contribution < 1.29 is 8.42 Å². The standard InChI is InChI=1S/C13H19ClO2S/c1-9(2)13(8-17(14,15)16)12-7-10(3)5-6-11(12)4/h5-7,9,13H,8H2,1-4H3. The summed E-state index contributed by atoms with van der Waals surface area (Å²) in [6.07, 6.45) is 0. The summed E-state index contributed by atoms with van der Waals surface area (Å²) < 4.78 is 22.6. The summed E-state index contributed by atoms with van der Waals surface area (Å²) in [5, 5.41) is 0. The van der Waals surface area contributed by atoms with Gasteiger partial charge in [0.05, 0.1) is 5.75 Å². The van der Waals surface area contributed by atoms with Crippen molar-refractivity contribution in [3.05, 3.63) is 34.9 Å². The van der Waals surface area contributed by atoms with Crippen LogP contribution in [0.1, 0.15) is 36.5 Å². The summed E-state index contributed by atoms with van der Waals surface area (Å²) in [7, 11) is 1.91. The highest BCUT2D eigenvalue weighted by atomic mass is 35.7. The van der Waals surface area contributed by atoms with Crippen LogP contribution in [0.2, 0.25) is 0 Å². The van der Waals surface area contributed by atoms with Gasteiger partial charge in [0.25, 0.3) is 0 Å². The fraction of sp³-hybridized carbons (Fsp3) is 0.538. The average molecular weight is 275 g/mol. The van der Waals surface area contributed by atoms with E-state index in [9.17, 15) is 8.42 Å². The van der Waals surface area contributed by atoms with E-state index in [-0.39, 0.29) is 17.6 Å². The Hall–Kier alpha value is -0.540. The minimum Gasteiger partial charge on any atom is -0.212 e. The van der Waals surface area contributed by atoms with Crippen LogP contribution in [0.15, 0.2) is 18.2 Å². The van der Waals surface area contributed by atoms with Crippen molar-refractivity contribution in [3.8, 4) is 0 Å². The van der Waals surface area contributed by atoms with E-state index >= 15 is 0 Å². The van der Waals surface area contributed by atoms with Crippen LogP contribution >= 0.6 is 10.7 Å². The third-order valence-corrected chi connectivity index (χ3v) is 4.15. The first-order valence-electron chi connectivity index (χ1n) is 5.70. The first kappa shape index (κ1) is 14.5. The van der Waals surface area contributed by atoms with E-state index in [1.54, 1.807) is 0 Å². The van der Waals surface area contributed by atoms with Crippen LogP contribution in [-0.4, -0.2) is 14.2 Å². The van der Waals surface area contributed by atoms with Crippen LogP contribution in [0.5, 0.6) is 0 Å². The lowest BCUT2D eigenvalue weighted by Crippen LogP contribution is -2.17. The molecule has 0 aliphatic carbocycles. The van der Waals surface area contributed by atoms with Crippen LogP contribution in [-0.2, 0) is 9.05 Å². The Morgan fingerprint density at radius 3 is 2.29 bits per heavy atom. The number of rotatable bonds is 4. The molecule has 1 atom stereocenters. The molecule has 0 N–H and O–H groups in total. The molecule has 0 radical (unpaired) electrons. The lowest BCUT2D eigenvalue weighted by atomic mass is 9.86. The summed E-state index contributed by atoms with van der Waals surface area (Å²) >= 11 is 0. The lowest BCUT2D eigenvalue weighted by molar-refractivity contribution is 0.523. The van der Waals surface area contributed by atoms with E-state index in [1.165, 1.54) is 0 Å². The molecule has 1 unspecified atom stereocenters. The maximum atomic E-state index is 11.3. The topological polar surface area (TPSA) is 34.1 Å². The highest BCUT2D eigenvalue weighted by Crippen LogP contribution is 2.30.